The van der Waals surface area contributed by atoms with Gasteiger partial charge >= 0.3 is 6.18 Å². The van der Waals surface area contributed by atoms with Gasteiger partial charge in [-0.1, -0.05) is 18.2 Å². The van der Waals surface area contributed by atoms with Crippen molar-refractivity contribution in [2.45, 2.75) is 19.6 Å². The molecule has 0 aliphatic rings. The number of aryl methyl sites for hydroxylation is 1. The second kappa shape index (κ2) is 6.05. The summed E-state index contributed by atoms with van der Waals surface area (Å²) in [7, 11) is 0. The number of benzene rings is 2. The molecular weight excluding hydrogens is 339 g/mol. The summed E-state index contributed by atoms with van der Waals surface area (Å²) in [5.41, 5.74) is 4.99. The van der Waals surface area contributed by atoms with Crippen molar-refractivity contribution in [1.29, 1.82) is 0 Å². The minimum atomic E-state index is -4.32. The van der Waals surface area contributed by atoms with E-state index in [1.807, 2.05) is 37.3 Å². The topological polar surface area (TPSA) is 33.6 Å². The molecule has 4 aromatic rings. The number of alkyl halides is 3. The van der Waals surface area contributed by atoms with Gasteiger partial charge in [0.05, 0.1) is 22.9 Å². The van der Waals surface area contributed by atoms with E-state index >= 15 is 0 Å². The summed E-state index contributed by atoms with van der Waals surface area (Å²) in [6.45, 7) is 2.61. The number of hydrogen-bond donors (Lipinski definition) is 1. The number of rotatable bonds is 3. The Morgan fingerprint density at radius 3 is 2.50 bits per heavy atom. The fourth-order valence-electron chi connectivity index (χ4n) is 3.12. The Morgan fingerprint density at radius 1 is 1.00 bits per heavy atom. The average molecular weight is 355 g/mol. The Hall–Kier alpha value is -3.02. The van der Waals surface area contributed by atoms with Gasteiger partial charge in [0.1, 0.15) is 0 Å². The lowest BCUT2D eigenvalue weighted by atomic mass is 10.1. The molecule has 0 fully saturated rings. The van der Waals surface area contributed by atoms with Gasteiger partial charge in [-0.15, -0.1) is 0 Å². The van der Waals surface area contributed by atoms with Crippen molar-refractivity contribution in [3.05, 3.63) is 77.7 Å². The quantitative estimate of drug-likeness (QED) is 0.524. The van der Waals surface area contributed by atoms with Gasteiger partial charge in [-0.05, 0) is 54.4 Å². The van der Waals surface area contributed by atoms with Gasteiger partial charge in [0.25, 0.3) is 0 Å². The van der Waals surface area contributed by atoms with Gasteiger partial charge in [-0.3, -0.25) is 0 Å². The van der Waals surface area contributed by atoms with Gasteiger partial charge in [-0.25, -0.2) is 4.98 Å². The van der Waals surface area contributed by atoms with Crippen molar-refractivity contribution < 1.29 is 13.2 Å². The normalized spacial score (nSPS) is 12.0. The highest BCUT2D eigenvalue weighted by atomic mass is 19.4. The first-order chi connectivity index (χ1) is 12.4. The number of aromatic nitrogens is 3. The van der Waals surface area contributed by atoms with Crippen molar-refractivity contribution in [1.82, 2.24) is 14.5 Å². The summed E-state index contributed by atoms with van der Waals surface area (Å²) < 4.78 is 40.4. The summed E-state index contributed by atoms with van der Waals surface area (Å²) >= 11 is 0. The molecule has 3 nitrogen and oxygen atoms in total. The molecule has 26 heavy (non-hydrogen) atoms. The number of imidazole rings is 1. The highest BCUT2D eigenvalue weighted by molar-refractivity contribution is 5.75. The summed E-state index contributed by atoms with van der Waals surface area (Å²) in [5, 5.41) is 0. The fourth-order valence-corrected chi connectivity index (χ4v) is 3.12. The van der Waals surface area contributed by atoms with E-state index in [4.69, 9.17) is 0 Å². The molecule has 2 aromatic heterocycles. The van der Waals surface area contributed by atoms with Crippen LogP contribution in [0.1, 0.15) is 16.8 Å². The van der Waals surface area contributed by atoms with Gasteiger partial charge < -0.3 is 9.55 Å². The Morgan fingerprint density at radius 2 is 1.77 bits per heavy atom. The first kappa shape index (κ1) is 16.4. The zero-order valence-corrected chi connectivity index (χ0v) is 14.0. The molecule has 0 unspecified atom stereocenters. The molecule has 0 radical (unpaired) electrons. The van der Waals surface area contributed by atoms with Crippen LogP contribution in [0.15, 0.2) is 60.9 Å². The van der Waals surface area contributed by atoms with E-state index in [1.54, 1.807) is 6.33 Å². The monoisotopic (exact) mass is 355 g/mol. The zero-order chi connectivity index (χ0) is 18.3. The van der Waals surface area contributed by atoms with Crippen molar-refractivity contribution in [2.24, 2.45) is 0 Å². The van der Waals surface area contributed by atoms with Crippen LogP contribution < -0.4 is 0 Å². The van der Waals surface area contributed by atoms with E-state index < -0.39 is 11.7 Å². The van der Waals surface area contributed by atoms with Crippen LogP contribution in [0.5, 0.6) is 0 Å². The van der Waals surface area contributed by atoms with Crippen LogP contribution in [0.4, 0.5) is 13.2 Å². The highest BCUT2D eigenvalue weighted by Crippen LogP contribution is 2.31. The summed E-state index contributed by atoms with van der Waals surface area (Å²) in [6.07, 6.45) is -2.67. The number of H-pyrrole nitrogens is 1. The van der Waals surface area contributed by atoms with Crippen LogP contribution in [0.25, 0.3) is 22.3 Å². The number of nitrogens with one attached hydrogen (secondary N) is 1. The van der Waals surface area contributed by atoms with E-state index in [0.29, 0.717) is 6.54 Å². The van der Waals surface area contributed by atoms with Gasteiger partial charge in [-0.2, -0.15) is 13.2 Å². The highest BCUT2D eigenvalue weighted by Gasteiger charge is 2.30. The molecule has 1 N–H and O–H groups in total. The molecule has 0 saturated carbocycles. The smallest absolute Gasteiger partial charge is 0.345 e. The second-order valence-corrected chi connectivity index (χ2v) is 6.28. The lowest BCUT2D eigenvalue weighted by molar-refractivity contribution is -0.137. The first-order valence-corrected chi connectivity index (χ1v) is 8.17. The number of halogens is 3. The summed E-state index contributed by atoms with van der Waals surface area (Å²) in [4.78, 5) is 7.33. The van der Waals surface area contributed by atoms with Crippen molar-refractivity contribution in [3.8, 4) is 11.3 Å². The minimum absolute atomic E-state index is 0.623. The van der Waals surface area contributed by atoms with Crippen molar-refractivity contribution in [2.75, 3.05) is 0 Å². The Bertz CT molecular complexity index is 1060. The van der Waals surface area contributed by atoms with Gasteiger partial charge in [0.15, 0.2) is 0 Å². The molecule has 0 saturated heterocycles. The molecule has 0 bridgehead atoms. The molecule has 0 aliphatic heterocycles. The molecule has 0 aliphatic carbocycles. The van der Waals surface area contributed by atoms with Crippen molar-refractivity contribution >= 4 is 11.0 Å². The van der Waals surface area contributed by atoms with Crippen LogP contribution in [0, 0.1) is 6.92 Å². The molecule has 6 heteroatoms. The third kappa shape index (κ3) is 2.98. The van der Waals surface area contributed by atoms with Crippen LogP contribution in [0.3, 0.4) is 0 Å². The Labute approximate surface area is 148 Å². The van der Waals surface area contributed by atoms with Gasteiger partial charge in [0, 0.05) is 17.9 Å². The minimum Gasteiger partial charge on any atom is -0.345 e. The first-order valence-electron chi connectivity index (χ1n) is 8.17. The maximum Gasteiger partial charge on any atom is 0.416 e. The molecule has 4 rings (SSSR count). The number of hydrogen-bond acceptors (Lipinski definition) is 1. The Balaban J connectivity index is 1.69. The molecule has 0 spiro atoms. The predicted octanol–water partition coefficient (Wildman–Crippen LogP) is 5.41. The third-order valence-electron chi connectivity index (χ3n) is 4.53. The van der Waals surface area contributed by atoms with Crippen LogP contribution in [-0.2, 0) is 12.7 Å². The maximum atomic E-state index is 12.8. The number of nitrogens with zero attached hydrogens (tertiary/aromatic N) is 2. The fraction of sp³-hybridized carbons (Fsp3) is 0.150. The average Bonchev–Trinajstić information content (AvgIpc) is 3.21. The number of fused-ring (bicyclic) bond motifs is 1. The molecule has 0 atom stereocenters. The van der Waals surface area contributed by atoms with E-state index in [1.165, 1.54) is 12.1 Å². The maximum absolute atomic E-state index is 12.8. The van der Waals surface area contributed by atoms with Crippen LogP contribution in [0.2, 0.25) is 0 Å². The SMILES string of the molecule is Cc1ccc(-c2ccc(C(F)(F)F)cc2)n1Cc1ccc2[nH]cnc2c1. The molecular formula is C20H16F3N3. The van der Waals surface area contributed by atoms with E-state index in [9.17, 15) is 13.2 Å². The van der Waals surface area contributed by atoms with Crippen LogP contribution >= 0.6 is 0 Å². The van der Waals surface area contributed by atoms with Gasteiger partial charge in [0.2, 0.25) is 0 Å². The number of aromatic amines is 1. The predicted molar refractivity (Wildman–Crippen MR) is 94.8 cm³/mol. The Kier molecular flexibility index (Phi) is 3.83. The third-order valence-corrected chi connectivity index (χ3v) is 4.53. The molecule has 0 amide bonds. The summed E-state index contributed by atoms with van der Waals surface area (Å²) in [5.74, 6) is 0. The summed E-state index contributed by atoms with van der Waals surface area (Å²) in [6, 6.07) is 15.2. The zero-order valence-electron chi connectivity index (χ0n) is 14.0. The second-order valence-electron chi connectivity index (χ2n) is 6.28. The lowest BCUT2D eigenvalue weighted by Crippen LogP contribution is -2.05. The van der Waals surface area contributed by atoms with Crippen LogP contribution in [-0.4, -0.2) is 14.5 Å². The van der Waals surface area contributed by atoms with E-state index in [2.05, 4.69) is 14.5 Å². The van der Waals surface area contributed by atoms with Crippen molar-refractivity contribution in [3.63, 3.8) is 0 Å². The standard InChI is InChI=1S/C20H16F3N3/c1-13-2-9-19(15-4-6-16(7-5-15)20(21,22)23)26(13)11-14-3-8-17-18(10-14)25-12-24-17/h2-10,12H,11H2,1H3,(H,24,25). The van der Waals surface area contributed by atoms with E-state index in [0.717, 1.165) is 45.7 Å². The van der Waals surface area contributed by atoms with E-state index in [-0.39, 0.29) is 0 Å². The molecule has 2 aromatic carbocycles. The lowest BCUT2D eigenvalue weighted by Gasteiger charge is -2.13. The molecule has 132 valence electrons. The molecule has 2 heterocycles. The largest absolute Gasteiger partial charge is 0.416 e.